The zero-order valence-corrected chi connectivity index (χ0v) is 14.4. The van der Waals surface area contributed by atoms with Crippen LogP contribution in [-0.2, 0) is 6.42 Å². The topological polar surface area (TPSA) is 18.5 Å². The predicted molar refractivity (Wildman–Crippen MR) is 96.5 cm³/mol. The van der Waals surface area contributed by atoms with Crippen molar-refractivity contribution >= 4 is 0 Å². The maximum atomic E-state index is 5.76. The predicted octanol–water partition coefficient (Wildman–Crippen LogP) is 5.58. The minimum absolute atomic E-state index is 0.748. The van der Waals surface area contributed by atoms with Gasteiger partial charge < -0.3 is 9.47 Å². The fourth-order valence-electron chi connectivity index (χ4n) is 2.40. The smallest absolute Gasteiger partial charge is 0.119 e. The highest BCUT2D eigenvalue weighted by Gasteiger charge is 1.98. The normalized spacial score (nSPS) is 10.5. The van der Waals surface area contributed by atoms with Gasteiger partial charge in [0.15, 0.2) is 0 Å². The van der Waals surface area contributed by atoms with Gasteiger partial charge in [0, 0.05) is 0 Å². The average molecular weight is 312 g/mol. The number of unbranched alkanes of at least 4 members (excludes halogenated alkanes) is 2. The van der Waals surface area contributed by atoms with Crippen molar-refractivity contribution in [3.63, 3.8) is 0 Å². The molecule has 0 saturated carbocycles. The summed E-state index contributed by atoms with van der Waals surface area (Å²) in [6.45, 7) is 5.86. The zero-order valence-electron chi connectivity index (χ0n) is 14.4. The summed E-state index contributed by atoms with van der Waals surface area (Å²) in [5.41, 5.74) is 2.59. The van der Waals surface area contributed by atoms with Gasteiger partial charge in [-0.25, -0.2) is 0 Å². The van der Waals surface area contributed by atoms with E-state index in [1.807, 2.05) is 12.1 Å². The SMILES string of the molecule is CCCCCOc1ccc(CCCOc2ccc(C)cc2)cc1. The largest absolute Gasteiger partial charge is 0.494 e. The van der Waals surface area contributed by atoms with Crippen molar-refractivity contribution in [2.75, 3.05) is 13.2 Å². The minimum atomic E-state index is 0.748. The van der Waals surface area contributed by atoms with E-state index in [9.17, 15) is 0 Å². The van der Waals surface area contributed by atoms with Crippen LogP contribution in [0.15, 0.2) is 48.5 Å². The van der Waals surface area contributed by atoms with Crippen LogP contribution >= 0.6 is 0 Å². The first-order valence-corrected chi connectivity index (χ1v) is 8.69. The average Bonchev–Trinajstić information content (AvgIpc) is 2.58. The van der Waals surface area contributed by atoms with Crippen molar-refractivity contribution in [1.82, 2.24) is 0 Å². The Bertz CT molecular complexity index is 543. The van der Waals surface area contributed by atoms with E-state index in [1.165, 1.54) is 24.0 Å². The summed E-state index contributed by atoms with van der Waals surface area (Å²) in [5.74, 6) is 1.92. The molecule has 0 spiro atoms. The molecule has 0 aliphatic heterocycles. The molecule has 0 N–H and O–H groups in total. The van der Waals surface area contributed by atoms with Crippen molar-refractivity contribution in [3.05, 3.63) is 59.7 Å². The Morgan fingerprint density at radius 2 is 1.26 bits per heavy atom. The van der Waals surface area contributed by atoms with Crippen LogP contribution in [0.25, 0.3) is 0 Å². The number of benzene rings is 2. The van der Waals surface area contributed by atoms with E-state index < -0.39 is 0 Å². The van der Waals surface area contributed by atoms with Gasteiger partial charge in [-0.15, -0.1) is 0 Å². The summed E-state index contributed by atoms with van der Waals surface area (Å²) in [6, 6.07) is 16.7. The molecule has 0 unspecified atom stereocenters. The molecule has 2 heteroatoms. The van der Waals surface area contributed by atoms with Gasteiger partial charge in [-0.2, -0.15) is 0 Å². The van der Waals surface area contributed by atoms with Crippen molar-refractivity contribution in [2.45, 2.75) is 46.0 Å². The van der Waals surface area contributed by atoms with Crippen LogP contribution in [-0.4, -0.2) is 13.2 Å². The van der Waals surface area contributed by atoms with Gasteiger partial charge in [0.25, 0.3) is 0 Å². The summed E-state index contributed by atoms with van der Waals surface area (Å²) in [4.78, 5) is 0. The summed E-state index contributed by atoms with van der Waals surface area (Å²) in [5, 5.41) is 0. The molecule has 0 amide bonds. The second-order valence-electron chi connectivity index (χ2n) is 5.96. The van der Waals surface area contributed by atoms with E-state index in [4.69, 9.17) is 9.47 Å². The number of hydrogen-bond donors (Lipinski definition) is 0. The van der Waals surface area contributed by atoms with Gasteiger partial charge >= 0.3 is 0 Å². The van der Waals surface area contributed by atoms with Crippen LogP contribution in [0.2, 0.25) is 0 Å². The highest BCUT2D eigenvalue weighted by atomic mass is 16.5. The minimum Gasteiger partial charge on any atom is -0.494 e. The highest BCUT2D eigenvalue weighted by Crippen LogP contribution is 2.15. The lowest BCUT2D eigenvalue weighted by atomic mass is 10.1. The molecule has 0 heterocycles. The van der Waals surface area contributed by atoms with Crippen molar-refractivity contribution in [1.29, 1.82) is 0 Å². The van der Waals surface area contributed by atoms with Gasteiger partial charge in [0.05, 0.1) is 13.2 Å². The molecule has 2 nitrogen and oxygen atoms in total. The zero-order chi connectivity index (χ0) is 16.3. The molecule has 124 valence electrons. The first kappa shape index (κ1) is 17.4. The van der Waals surface area contributed by atoms with Gasteiger partial charge in [-0.3, -0.25) is 0 Å². The number of aryl methyl sites for hydroxylation is 2. The third kappa shape index (κ3) is 6.77. The lowest BCUT2D eigenvalue weighted by molar-refractivity contribution is 0.305. The molecule has 0 fully saturated rings. The third-order valence-corrected chi connectivity index (χ3v) is 3.84. The molecule has 2 aromatic carbocycles. The van der Waals surface area contributed by atoms with Crippen molar-refractivity contribution in [3.8, 4) is 11.5 Å². The standard InChI is InChI=1S/C21H28O2/c1-3-4-5-16-22-21-14-10-19(11-15-21)7-6-17-23-20-12-8-18(2)9-13-20/h8-15H,3-7,16-17H2,1-2H3. The molecule has 23 heavy (non-hydrogen) atoms. The molecular weight excluding hydrogens is 284 g/mol. The van der Waals surface area contributed by atoms with E-state index in [0.29, 0.717) is 0 Å². The molecule has 0 radical (unpaired) electrons. The van der Waals surface area contributed by atoms with Gasteiger partial charge in [-0.05, 0) is 56.0 Å². The van der Waals surface area contributed by atoms with Crippen LogP contribution < -0.4 is 9.47 Å². The van der Waals surface area contributed by atoms with E-state index in [0.717, 1.165) is 44.0 Å². The summed E-state index contributed by atoms with van der Waals surface area (Å²) < 4.78 is 11.5. The van der Waals surface area contributed by atoms with Gasteiger partial charge in [-0.1, -0.05) is 49.6 Å². The van der Waals surface area contributed by atoms with Crippen LogP contribution in [0.5, 0.6) is 11.5 Å². The molecular formula is C21H28O2. The molecule has 0 aliphatic carbocycles. The van der Waals surface area contributed by atoms with E-state index in [-0.39, 0.29) is 0 Å². The van der Waals surface area contributed by atoms with E-state index in [1.54, 1.807) is 0 Å². The van der Waals surface area contributed by atoms with Crippen LogP contribution in [0.3, 0.4) is 0 Å². The molecule has 0 aromatic heterocycles. The molecule has 0 bridgehead atoms. The molecule has 0 saturated heterocycles. The Labute approximate surface area is 140 Å². The maximum Gasteiger partial charge on any atom is 0.119 e. The lowest BCUT2D eigenvalue weighted by Crippen LogP contribution is -2.00. The molecule has 0 atom stereocenters. The Hall–Kier alpha value is -1.96. The number of hydrogen-bond acceptors (Lipinski definition) is 2. The van der Waals surface area contributed by atoms with E-state index >= 15 is 0 Å². The third-order valence-electron chi connectivity index (χ3n) is 3.84. The maximum absolute atomic E-state index is 5.76. The molecule has 0 aliphatic rings. The first-order chi connectivity index (χ1) is 11.3. The Balaban J connectivity index is 1.64. The summed E-state index contributed by atoms with van der Waals surface area (Å²) in [7, 11) is 0. The van der Waals surface area contributed by atoms with Crippen LogP contribution in [0, 0.1) is 6.92 Å². The molecule has 2 aromatic rings. The second-order valence-corrected chi connectivity index (χ2v) is 5.96. The van der Waals surface area contributed by atoms with Gasteiger partial charge in [0.1, 0.15) is 11.5 Å². The number of rotatable bonds is 10. The summed E-state index contributed by atoms with van der Waals surface area (Å²) >= 11 is 0. The quantitative estimate of drug-likeness (QED) is 0.533. The Morgan fingerprint density at radius 1 is 0.696 bits per heavy atom. The summed E-state index contributed by atoms with van der Waals surface area (Å²) in [6.07, 6.45) is 5.65. The fourth-order valence-corrected chi connectivity index (χ4v) is 2.40. The van der Waals surface area contributed by atoms with E-state index in [2.05, 4.69) is 50.2 Å². The molecule has 2 rings (SSSR count). The monoisotopic (exact) mass is 312 g/mol. The Morgan fingerprint density at radius 3 is 1.87 bits per heavy atom. The second kappa shape index (κ2) is 9.94. The van der Waals surface area contributed by atoms with Crippen molar-refractivity contribution < 1.29 is 9.47 Å². The fraction of sp³-hybridized carbons (Fsp3) is 0.429. The number of ether oxygens (including phenoxy) is 2. The van der Waals surface area contributed by atoms with Gasteiger partial charge in [0.2, 0.25) is 0 Å². The highest BCUT2D eigenvalue weighted by molar-refractivity contribution is 5.28. The van der Waals surface area contributed by atoms with Crippen LogP contribution in [0.4, 0.5) is 0 Å². The first-order valence-electron chi connectivity index (χ1n) is 8.69. The lowest BCUT2D eigenvalue weighted by Gasteiger charge is -2.08. The van der Waals surface area contributed by atoms with Crippen molar-refractivity contribution in [2.24, 2.45) is 0 Å². The van der Waals surface area contributed by atoms with Crippen LogP contribution in [0.1, 0.15) is 43.7 Å². The Kier molecular flexibility index (Phi) is 7.51.